The van der Waals surface area contributed by atoms with Gasteiger partial charge in [0.15, 0.2) is 5.96 Å². The predicted octanol–water partition coefficient (Wildman–Crippen LogP) is 2.20. The third-order valence-electron chi connectivity index (χ3n) is 4.22. The number of hydrogen-bond donors (Lipinski definition) is 2. The number of guanidine groups is 1. The summed E-state index contributed by atoms with van der Waals surface area (Å²) in [6, 6.07) is 3.73. The number of nitrogens with one attached hydrogen (secondary N) is 2. The molecule has 25 heavy (non-hydrogen) atoms. The molecule has 0 fully saturated rings. The highest BCUT2D eigenvalue weighted by Gasteiger charge is 2.10. The molecule has 8 heteroatoms. The molecule has 0 saturated heterocycles. The molecule has 0 unspecified atom stereocenters. The molecule has 0 amide bonds. The number of fused-ring (bicyclic) bond motifs is 1. The zero-order valence-electron chi connectivity index (χ0n) is 14.8. The number of aliphatic imine (C=N–C) groups is 1. The van der Waals surface area contributed by atoms with Gasteiger partial charge in [-0.2, -0.15) is 5.10 Å². The minimum atomic E-state index is 0.573. The first-order chi connectivity index (χ1) is 12.0. The van der Waals surface area contributed by atoms with Crippen LogP contribution in [0.15, 0.2) is 29.5 Å². The second-order valence-corrected chi connectivity index (χ2v) is 6.33. The van der Waals surface area contributed by atoms with Crippen molar-refractivity contribution in [3.63, 3.8) is 0 Å². The molecule has 0 bridgehead atoms. The smallest absolute Gasteiger partial charge is 0.191 e. The number of rotatable bonds is 4. The molecule has 7 nitrogen and oxygen atoms in total. The fraction of sp³-hybridized carbons (Fsp3) is 0.353. The van der Waals surface area contributed by atoms with Crippen LogP contribution < -0.4 is 10.6 Å². The van der Waals surface area contributed by atoms with Crippen molar-refractivity contribution in [1.29, 1.82) is 0 Å². The van der Waals surface area contributed by atoms with E-state index in [2.05, 4.69) is 32.6 Å². The third kappa shape index (κ3) is 3.76. The topological polar surface area (TPSA) is 71.5 Å². The SMILES string of the molecule is CN=C(NCc1cn2cc(Cl)ccc2n1)NCc1c(C)nn(C)c1C. The molecule has 0 aliphatic heterocycles. The summed E-state index contributed by atoms with van der Waals surface area (Å²) in [5, 5.41) is 11.7. The summed E-state index contributed by atoms with van der Waals surface area (Å²) in [4.78, 5) is 8.82. The molecule has 3 heterocycles. The van der Waals surface area contributed by atoms with Crippen molar-refractivity contribution in [3.8, 4) is 0 Å². The van der Waals surface area contributed by atoms with E-state index >= 15 is 0 Å². The van der Waals surface area contributed by atoms with Crippen LogP contribution in [0, 0.1) is 13.8 Å². The van der Waals surface area contributed by atoms with Gasteiger partial charge in [-0.05, 0) is 26.0 Å². The van der Waals surface area contributed by atoms with Gasteiger partial charge in [-0.25, -0.2) is 4.98 Å². The highest BCUT2D eigenvalue weighted by Crippen LogP contribution is 2.12. The van der Waals surface area contributed by atoms with Crippen molar-refractivity contribution >= 4 is 23.2 Å². The maximum absolute atomic E-state index is 6.00. The van der Waals surface area contributed by atoms with E-state index in [0.717, 1.165) is 28.7 Å². The average Bonchev–Trinajstić information content (AvgIpc) is 3.09. The van der Waals surface area contributed by atoms with Crippen LogP contribution in [0.4, 0.5) is 0 Å². The minimum absolute atomic E-state index is 0.573. The second-order valence-electron chi connectivity index (χ2n) is 5.90. The lowest BCUT2D eigenvalue weighted by atomic mass is 10.2. The number of hydrogen-bond acceptors (Lipinski definition) is 3. The van der Waals surface area contributed by atoms with Gasteiger partial charge in [-0.15, -0.1) is 0 Å². The summed E-state index contributed by atoms with van der Waals surface area (Å²) in [5.41, 5.74) is 5.15. The Kier molecular flexibility index (Phi) is 4.94. The molecule has 3 rings (SSSR count). The van der Waals surface area contributed by atoms with E-state index in [4.69, 9.17) is 11.6 Å². The van der Waals surface area contributed by atoms with E-state index in [-0.39, 0.29) is 0 Å². The Morgan fingerprint density at radius 2 is 1.96 bits per heavy atom. The van der Waals surface area contributed by atoms with E-state index in [1.807, 2.05) is 47.6 Å². The van der Waals surface area contributed by atoms with Gasteiger partial charge in [0.2, 0.25) is 0 Å². The standard InChI is InChI=1S/C17H22ClN7/c1-11-15(12(2)24(4)23-11)8-21-17(19-3)20-7-14-10-25-9-13(18)5-6-16(25)22-14/h5-6,9-10H,7-8H2,1-4H3,(H2,19,20,21). The molecule has 0 aliphatic rings. The fourth-order valence-corrected chi connectivity index (χ4v) is 2.91. The zero-order chi connectivity index (χ0) is 18.0. The highest BCUT2D eigenvalue weighted by atomic mass is 35.5. The maximum Gasteiger partial charge on any atom is 0.191 e. The van der Waals surface area contributed by atoms with Crippen molar-refractivity contribution in [1.82, 2.24) is 29.8 Å². The van der Waals surface area contributed by atoms with Crippen LogP contribution in [0.1, 0.15) is 22.6 Å². The van der Waals surface area contributed by atoms with E-state index in [9.17, 15) is 0 Å². The molecule has 0 atom stereocenters. The number of aryl methyl sites for hydroxylation is 2. The van der Waals surface area contributed by atoms with Gasteiger partial charge in [0, 0.05) is 44.3 Å². The predicted molar refractivity (Wildman–Crippen MR) is 99.9 cm³/mol. The van der Waals surface area contributed by atoms with Crippen LogP contribution in [0.3, 0.4) is 0 Å². The number of nitrogens with zero attached hydrogens (tertiary/aromatic N) is 5. The highest BCUT2D eigenvalue weighted by molar-refractivity contribution is 6.30. The van der Waals surface area contributed by atoms with Gasteiger partial charge in [-0.3, -0.25) is 9.67 Å². The monoisotopic (exact) mass is 359 g/mol. The first kappa shape index (κ1) is 17.3. The van der Waals surface area contributed by atoms with Crippen molar-refractivity contribution in [2.75, 3.05) is 7.05 Å². The molecular weight excluding hydrogens is 338 g/mol. The molecule has 3 aromatic heterocycles. The molecule has 132 valence electrons. The molecule has 0 saturated carbocycles. The minimum Gasteiger partial charge on any atom is -0.352 e. The first-order valence-corrected chi connectivity index (χ1v) is 8.42. The number of imidazole rings is 1. The van der Waals surface area contributed by atoms with Crippen LogP contribution >= 0.6 is 11.6 Å². The van der Waals surface area contributed by atoms with Crippen molar-refractivity contribution in [2.24, 2.45) is 12.0 Å². The second kappa shape index (κ2) is 7.14. The number of pyridine rings is 1. The van der Waals surface area contributed by atoms with Crippen molar-refractivity contribution in [3.05, 3.63) is 52.2 Å². The lowest BCUT2D eigenvalue weighted by Gasteiger charge is -2.11. The Morgan fingerprint density at radius 1 is 1.20 bits per heavy atom. The Hall–Kier alpha value is -2.54. The first-order valence-electron chi connectivity index (χ1n) is 8.04. The molecule has 2 N–H and O–H groups in total. The van der Waals surface area contributed by atoms with E-state index in [1.165, 1.54) is 5.56 Å². The van der Waals surface area contributed by atoms with Crippen LogP contribution in [-0.2, 0) is 20.1 Å². The van der Waals surface area contributed by atoms with Gasteiger partial charge < -0.3 is 15.0 Å². The molecular formula is C17H22ClN7. The summed E-state index contributed by atoms with van der Waals surface area (Å²) >= 11 is 6.00. The van der Waals surface area contributed by atoms with Crippen LogP contribution in [0.25, 0.3) is 5.65 Å². The van der Waals surface area contributed by atoms with E-state index in [1.54, 1.807) is 7.05 Å². The Labute approximate surface area is 151 Å². The Bertz CT molecular complexity index is 923. The quantitative estimate of drug-likeness (QED) is 0.553. The molecule has 0 spiro atoms. The molecule has 3 aromatic rings. The lowest BCUT2D eigenvalue weighted by molar-refractivity contribution is 0.728. The number of aromatic nitrogens is 4. The summed E-state index contributed by atoms with van der Waals surface area (Å²) in [7, 11) is 3.70. The molecule has 0 aliphatic carbocycles. The molecule has 0 aromatic carbocycles. The zero-order valence-corrected chi connectivity index (χ0v) is 15.6. The Balaban J connectivity index is 1.62. The summed E-state index contributed by atoms with van der Waals surface area (Å²) < 4.78 is 3.81. The van der Waals surface area contributed by atoms with Gasteiger partial charge in [0.05, 0.1) is 23.0 Å². The largest absolute Gasteiger partial charge is 0.352 e. The molecule has 0 radical (unpaired) electrons. The third-order valence-corrected chi connectivity index (χ3v) is 4.44. The maximum atomic E-state index is 6.00. The summed E-state index contributed by atoms with van der Waals surface area (Å²) in [6.07, 6.45) is 3.80. The number of halogens is 1. The summed E-state index contributed by atoms with van der Waals surface area (Å²) in [5.74, 6) is 0.720. The van der Waals surface area contributed by atoms with Crippen LogP contribution in [0.5, 0.6) is 0 Å². The van der Waals surface area contributed by atoms with Gasteiger partial charge in [0.25, 0.3) is 0 Å². The van der Waals surface area contributed by atoms with Crippen molar-refractivity contribution < 1.29 is 0 Å². The summed E-state index contributed by atoms with van der Waals surface area (Å²) in [6.45, 7) is 5.33. The van der Waals surface area contributed by atoms with E-state index in [0.29, 0.717) is 18.1 Å². The van der Waals surface area contributed by atoms with Gasteiger partial charge in [0.1, 0.15) is 5.65 Å². The van der Waals surface area contributed by atoms with Crippen LogP contribution in [-0.4, -0.2) is 32.2 Å². The van der Waals surface area contributed by atoms with Gasteiger partial charge >= 0.3 is 0 Å². The Morgan fingerprint density at radius 3 is 2.64 bits per heavy atom. The lowest BCUT2D eigenvalue weighted by Crippen LogP contribution is -2.36. The van der Waals surface area contributed by atoms with E-state index < -0.39 is 0 Å². The van der Waals surface area contributed by atoms with Crippen molar-refractivity contribution in [2.45, 2.75) is 26.9 Å². The van der Waals surface area contributed by atoms with Gasteiger partial charge in [-0.1, -0.05) is 11.6 Å². The normalized spacial score (nSPS) is 12.0. The van der Waals surface area contributed by atoms with Crippen LogP contribution in [0.2, 0.25) is 5.02 Å². The fourth-order valence-electron chi connectivity index (χ4n) is 2.74. The average molecular weight is 360 g/mol.